The fraction of sp³-hybridized carbons (Fsp3) is 0.526. The number of fused-ring (bicyclic) bond motifs is 1. The van der Waals surface area contributed by atoms with Crippen molar-refractivity contribution < 1.29 is 14.3 Å². The van der Waals surface area contributed by atoms with E-state index in [0.29, 0.717) is 19.3 Å². The number of methoxy groups -OCH3 is 1. The fourth-order valence-electron chi connectivity index (χ4n) is 2.82. The Kier molecular flexibility index (Phi) is 5.60. The lowest BCUT2D eigenvalue weighted by Crippen LogP contribution is -2.31. The highest BCUT2D eigenvalue weighted by Crippen LogP contribution is 2.26. The maximum absolute atomic E-state index is 12.6. The number of carbonyl (C=O) groups is 1. The Labute approximate surface area is 148 Å². The van der Waals surface area contributed by atoms with Crippen molar-refractivity contribution >= 4 is 16.9 Å². The first-order valence-corrected chi connectivity index (χ1v) is 8.81. The van der Waals surface area contributed by atoms with Gasteiger partial charge in [0.2, 0.25) is 0 Å². The van der Waals surface area contributed by atoms with E-state index in [1.54, 1.807) is 11.7 Å². The van der Waals surface area contributed by atoms with Gasteiger partial charge in [-0.3, -0.25) is 4.57 Å². The standard InChI is InChI=1S/C19H27N3O3/c1-21(2)10-8-14-13-22(18-12-16(24-3)6-7-17(14)18)19(23)20-9-11-25-15-4-5-15/h6-7,12-13,15H,4-5,8-11H2,1-3H3,(H,20,23). The van der Waals surface area contributed by atoms with Crippen LogP contribution in [0.2, 0.25) is 0 Å². The summed E-state index contributed by atoms with van der Waals surface area (Å²) in [5, 5.41) is 4.03. The molecule has 1 aromatic carbocycles. The van der Waals surface area contributed by atoms with Gasteiger partial charge in [0.25, 0.3) is 0 Å². The fourth-order valence-corrected chi connectivity index (χ4v) is 2.82. The zero-order valence-corrected chi connectivity index (χ0v) is 15.2. The molecule has 2 aromatic rings. The summed E-state index contributed by atoms with van der Waals surface area (Å²) in [6.45, 7) is 2.01. The topological polar surface area (TPSA) is 55.7 Å². The Morgan fingerprint density at radius 2 is 2.16 bits per heavy atom. The quantitative estimate of drug-likeness (QED) is 0.747. The maximum atomic E-state index is 12.6. The predicted molar refractivity (Wildman–Crippen MR) is 98.5 cm³/mol. The number of aromatic nitrogens is 1. The third-order valence-electron chi connectivity index (χ3n) is 4.40. The molecule has 6 heteroatoms. The normalized spacial score (nSPS) is 14.2. The van der Waals surface area contributed by atoms with Gasteiger partial charge in [-0.25, -0.2) is 4.79 Å². The lowest BCUT2D eigenvalue weighted by molar-refractivity contribution is 0.122. The molecule has 1 heterocycles. The number of ether oxygens (including phenoxy) is 2. The van der Waals surface area contributed by atoms with E-state index in [1.807, 2.05) is 24.4 Å². The van der Waals surface area contributed by atoms with E-state index in [0.717, 1.165) is 48.0 Å². The van der Waals surface area contributed by atoms with Crippen molar-refractivity contribution in [2.45, 2.75) is 25.4 Å². The van der Waals surface area contributed by atoms with Crippen LogP contribution in [0.25, 0.3) is 10.9 Å². The summed E-state index contributed by atoms with van der Waals surface area (Å²) in [7, 11) is 5.74. The second-order valence-corrected chi connectivity index (χ2v) is 6.76. The Balaban J connectivity index is 1.77. The number of hydrogen-bond acceptors (Lipinski definition) is 4. The molecular formula is C19H27N3O3. The number of benzene rings is 1. The highest BCUT2D eigenvalue weighted by molar-refractivity contribution is 5.94. The molecule has 0 bridgehead atoms. The SMILES string of the molecule is COc1ccc2c(CCN(C)C)cn(C(=O)NCCOC3CC3)c2c1. The van der Waals surface area contributed by atoms with Crippen molar-refractivity contribution in [1.29, 1.82) is 0 Å². The number of likely N-dealkylation sites (N-methyl/N-ethyl adjacent to an activating group) is 1. The van der Waals surface area contributed by atoms with Crippen LogP contribution in [0.3, 0.4) is 0 Å². The van der Waals surface area contributed by atoms with Gasteiger partial charge in [-0.05, 0) is 51.1 Å². The number of amides is 1. The van der Waals surface area contributed by atoms with Crippen molar-refractivity contribution in [1.82, 2.24) is 14.8 Å². The highest BCUT2D eigenvalue weighted by Gasteiger charge is 2.21. The third kappa shape index (κ3) is 4.52. The molecule has 0 atom stereocenters. The molecular weight excluding hydrogens is 318 g/mol. The van der Waals surface area contributed by atoms with E-state index in [9.17, 15) is 4.79 Å². The van der Waals surface area contributed by atoms with Crippen LogP contribution in [0.4, 0.5) is 4.79 Å². The zero-order valence-electron chi connectivity index (χ0n) is 15.2. The summed E-state index contributed by atoms with van der Waals surface area (Å²) >= 11 is 0. The molecule has 1 N–H and O–H groups in total. The van der Waals surface area contributed by atoms with E-state index in [2.05, 4.69) is 24.3 Å². The van der Waals surface area contributed by atoms with Crippen LogP contribution in [0.5, 0.6) is 5.75 Å². The van der Waals surface area contributed by atoms with Crippen molar-refractivity contribution in [3.05, 3.63) is 30.0 Å². The van der Waals surface area contributed by atoms with Gasteiger partial charge < -0.3 is 19.7 Å². The van der Waals surface area contributed by atoms with Gasteiger partial charge in [0.15, 0.2) is 0 Å². The van der Waals surface area contributed by atoms with Gasteiger partial charge in [0.1, 0.15) is 5.75 Å². The molecule has 1 saturated carbocycles. The van der Waals surface area contributed by atoms with Crippen molar-refractivity contribution in [3.8, 4) is 5.75 Å². The van der Waals surface area contributed by atoms with E-state index in [-0.39, 0.29) is 6.03 Å². The van der Waals surface area contributed by atoms with Gasteiger partial charge in [-0.15, -0.1) is 0 Å². The molecule has 25 heavy (non-hydrogen) atoms. The first kappa shape index (κ1) is 17.8. The molecule has 1 fully saturated rings. The number of carbonyl (C=O) groups excluding carboxylic acids is 1. The van der Waals surface area contributed by atoms with Gasteiger partial charge in [0.05, 0.1) is 25.3 Å². The molecule has 1 aliphatic carbocycles. The van der Waals surface area contributed by atoms with Crippen molar-refractivity contribution in [2.24, 2.45) is 0 Å². The highest BCUT2D eigenvalue weighted by atomic mass is 16.5. The van der Waals surface area contributed by atoms with Crippen molar-refractivity contribution in [3.63, 3.8) is 0 Å². The van der Waals surface area contributed by atoms with Crippen LogP contribution in [-0.2, 0) is 11.2 Å². The van der Waals surface area contributed by atoms with Gasteiger partial charge in [-0.2, -0.15) is 0 Å². The predicted octanol–water partition coefficient (Wildman–Crippen LogP) is 2.49. The van der Waals surface area contributed by atoms with E-state index in [4.69, 9.17) is 9.47 Å². The van der Waals surface area contributed by atoms with Crippen LogP contribution < -0.4 is 10.1 Å². The smallest absolute Gasteiger partial charge is 0.326 e. The summed E-state index contributed by atoms with van der Waals surface area (Å²) in [5.41, 5.74) is 2.03. The molecule has 1 aromatic heterocycles. The summed E-state index contributed by atoms with van der Waals surface area (Å²) in [4.78, 5) is 14.8. The molecule has 0 radical (unpaired) electrons. The van der Waals surface area contributed by atoms with E-state index in [1.165, 1.54) is 0 Å². The number of nitrogens with one attached hydrogen (secondary N) is 1. The minimum absolute atomic E-state index is 0.131. The van der Waals surface area contributed by atoms with Gasteiger partial charge in [0, 0.05) is 30.7 Å². The summed E-state index contributed by atoms with van der Waals surface area (Å²) in [6.07, 6.45) is 5.52. The molecule has 0 spiro atoms. The summed E-state index contributed by atoms with van der Waals surface area (Å²) < 4.78 is 12.6. The molecule has 3 rings (SSSR count). The van der Waals surface area contributed by atoms with Crippen LogP contribution >= 0.6 is 0 Å². The first-order valence-electron chi connectivity index (χ1n) is 8.81. The molecule has 136 valence electrons. The van der Waals surface area contributed by atoms with Crippen LogP contribution in [0.15, 0.2) is 24.4 Å². The minimum Gasteiger partial charge on any atom is -0.497 e. The second-order valence-electron chi connectivity index (χ2n) is 6.76. The minimum atomic E-state index is -0.131. The molecule has 1 amide bonds. The Morgan fingerprint density at radius 1 is 1.36 bits per heavy atom. The molecule has 0 saturated heterocycles. The lowest BCUT2D eigenvalue weighted by Gasteiger charge is -2.08. The average Bonchev–Trinajstić information content (AvgIpc) is 3.36. The van der Waals surface area contributed by atoms with Gasteiger partial charge in [-0.1, -0.05) is 0 Å². The number of hydrogen-bond donors (Lipinski definition) is 1. The first-order chi connectivity index (χ1) is 12.1. The van der Waals surface area contributed by atoms with Crippen LogP contribution in [0.1, 0.15) is 18.4 Å². The van der Waals surface area contributed by atoms with E-state index < -0.39 is 0 Å². The lowest BCUT2D eigenvalue weighted by atomic mass is 10.1. The molecule has 0 unspecified atom stereocenters. The zero-order chi connectivity index (χ0) is 17.8. The number of nitrogens with zero attached hydrogens (tertiary/aromatic N) is 2. The average molecular weight is 345 g/mol. The van der Waals surface area contributed by atoms with E-state index >= 15 is 0 Å². The second kappa shape index (κ2) is 7.89. The molecule has 1 aliphatic rings. The Morgan fingerprint density at radius 3 is 2.84 bits per heavy atom. The van der Waals surface area contributed by atoms with Crippen LogP contribution in [-0.4, -0.2) is 62.5 Å². The monoisotopic (exact) mass is 345 g/mol. The largest absolute Gasteiger partial charge is 0.497 e. The third-order valence-corrected chi connectivity index (χ3v) is 4.40. The maximum Gasteiger partial charge on any atom is 0.326 e. The van der Waals surface area contributed by atoms with Crippen molar-refractivity contribution in [2.75, 3.05) is 40.9 Å². The Hall–Kier alpha value is -2.05. The summed E-state index contributed by atoms with van der Waals surface area (Å²) in [5.74, 6) is 0.746. The van der Waals surface area contributed by atoms with Gasteiger partial charge >= 0.3 is 6.03 Å². The summed E-state index contributed by atoms with van der Waals surface area (Å²) in [6, 6.07) is 5.75. The van der Waals surface area contributed by atoms with Crippen LogP contribution in [0, 0.1) is 0 Å². The Bertz CT molecular complexity index is 735. The molecule has 0 aliphatic heterocycles. The number of rotatable bonds is 8. The molecule has 6 nitrogen and oxygen atoms in total.